The lowest BCUT2D eigenvalue weighted by atomic mass is 10.0. The van der Waals surface area contributed by atoms with Crippen molar-refractivity contribution < 1.29 is 5.11 Å². The Bertz CT molecular complexity index is 524. The molecule has 0 aliphatic heterocycles. The molecule has 0 saturated heterocycles. The van der Waals surface area contributed by atoms with Crippen molar-refractivity contribution in [3.05, 3.63) is 18.2 Å². The third-order valence-corrected chi connectivity index (χ3v) is 3.92. The van der Waals surface area contributed by atoms with Gasteiger partial charge in [0, 0.05) is 18.3 Å². The van der Waals surface area contributed by atoms with Crippen LogP contribution in [0.4, 0.5) is 10.8 Å². The predicted molar refractivity (Wildman–Crippen MR) is 78.0 cm³/mol. The zero-order chi connectivity index (χ0) is 13.1. The molecule has 0 bridgehead atoms. The Labute approximate surface area is 111 Å². The van der Waals surface area contributed by atoms with Gasteiger partial charge in [-0.05, 0) is 30.5 Å². The van der Waals surface area contributed by atoms with Gasteiger partial charge in [-0.1, -0.05) is 25.2 Å². The molecule has 0 fully saturated rings. The molecule has 4 nitrogen and oxygen atoms in total. The smallest absolute Gasteiger partial charge is 0.184 e. The second-order valence-electron chi connectivity index (χ2n) is 4.75. The number of nitrogens with one attached hydrogen (secondary N) is 1. The molecule has 18 heavy (non-hydrogen) atoms. The molecule has 98 valence electrons. The van der Waals surface area contributed by atoms with Crippen molar-refractivity contribution in [1.82, 2.24) is 4.98 Å². The molecule has 0 saturated carbocycles. The van der Waals surface area contributed by atoms with Gasteiger partial charge in [0.1, 0.15) is 0 Å². The van der Waals surface area contributed by atoms with Crippen LogP contribution in [-0.4, -0.2) is 22.7 Å². The summed E-state index contributed by atoms with van der Waals surface area (Å²) in [6.07, 6.45) is 0.732. The van der Waals surface area contributed by atoms with E-state index in [4.69, 9.17) is 10.8 Å². The van der Waals surface area contributed by atoms with Gasteiger partial charge >= 0.3 is 0 Å². The van der Waals surface area contributed by atoms with Gasteiger partial charge < -0.3 is 16.2 Å². The summed E-state index contributed by atoms with van der Waals surface area (Å²) in [4.78, 5) is 4.53. The Balaban J connectivity index is 2.20. The average Bonchev–Trinajstić information content (AvgIpc) is 2.69. The average molecular weight is 265 g/mol. The molecule has 1 aromatic carbocycles. The van der Waals surface area contributed by atoms with Crippen molar-refractivity contribution in [2.45, 2.75) is 26.3 Å². The summed E-state index contributed by atoms with van der Waals surface area (Å²) in [5.41, 5.74) is 7.47. The maximum absolute atomic E-state index is 9.07. The van der Waals surface area contributed by atoms with Crippen LogP contribution < -0.4 is 11.1 Å². The van der Waals surface area contributed by atoms with Crippen molar-refractivity contribution in [3.63, 3.8) is 0 Å². The first-order valence-electron chi connectivity index (χ1n) is 6.13. The fourth-order valence-corrected chi connectivity index (χ4v) is 2.85. The molecule has 5 heteroatoms. The van der Waals surface area contributed by atoms with E-state index in [9.17, 15) is 0 Å². The molecule has 0 amide bonds. The number of thiazole rings is 1. The third kappa shape index (κ3) is 2.91. The van der Waals surface area contributed by atoms with Crippen molar-refractivity contribution in [2.75, 3.05) is 17.7 Å². The number of benzene rings is 1. The van der Waals surface area contributed by atoms with Crippen molar-refractivity contribution in [3.8, 4) is 0 Å². The van der Waals surface area contributed by atoms with Gasteiger partial charge in [-0.2, -0.15) is 0 Å². The van der Waals surface area contributed by atoms with Gasteiger partial charge in [-0.15, -0.1) is 0 Å². The molecular formula is C13H19N3OS. The summed E-state index contributed by atoms with van der Waals surface area (Å²) >= 11 is 1.60. The largest absolute Gasteiger partial charge is 0.399 e. The van der Waals surface area contributed by atoms with Crippen LogP contribution in [0.3, 0.4) is 0 Å². The van der Waals surface area contributed by atoms with Crippen LogP contribution in [0.15, 0.2) is 18.2 Å². The van der Waals surface area contributed by atoms with E-state index in [0.29, 0.717) is 5.92 Å². The fraction of sp³-hybridized carbons (Fsp3) is 0.462. The number of nitrogen functional groups attached to an aromatic ring is 1. The highest BCUT2D eigenvalue weighted by atomic mass is 32.1. The first kappa shape index (κ1) is 13.1. The van der Waals surface area contributed by atoms with Crippen molar-refractivity contribution >= 4 is 32.4 Å². The second-order valence-corrected chi connectivity index (χ2v) is 5.78. The Hall–Kier alpha value is -1.33. The number of nitrogens with two attached hydrogens (primary N) is 1. The Morgan fingerprint density at radius 1 is 1.44 bits per heavy atom. The number of hydrogen-bond acceptors (Lipinski definition) is 5. The summed E-state index contributed by atoms with van der Waals surface area (Å²) in [6.45, 7) is 4.46. The van der Waals surface area contributed by atoms with Crippen LogP contribution >= 0.6 is 11.3 Å². The number of rotatable bonds is 5. The number of nitrogens with zero attached hydrogens (tertiary/aromatic N) is 1. The number of aliphatic hydroxyl groups is 1. The lowest BCUT2D eigenvalue weighted by molar-refractivity contribution is 0.267. The first-order valence-corrected chi connectivity index (χ1v) is 6.95. The van der Waals surface area contributed by atoms with Gasteiger partial charge in [-0.3, -0.25) is 0 Å². The molecule has 2 rings (SSSR count). The zero-order valence-electron chi connectivity index (χ0n) is 10.7. The van der Waals surface area contributed by atoms with Crippen molar-refractivity contribution in [1.29, 1.82) is 0 Å². The first-order chi connectivity index (χ1) is 8.60. The highest BCUT2D eigenvalue weighted by molar-refractivity contribution is 7.22. The van der Waals surface area contributed by atoms with E-state index in [0.717, 1.165) is 27.5 Å². The number of aromatic nitrogens is 1. The highest BCUT2D eigenvalue weighted by Gasteiger charge is 2.14. The van der Waals surface area contributed by atoms with Gasteiger partial charge in [0.15, 0.2) is 5.13 Å². The zero-order valence-corrected chi connectivity index (χ0v) is 11.5. The predicted octanol–water partition coefficient (Wildman–Crippen LogP) is 2.70. The molecule has 2 aromatic rings. The normalized spacial score (nSPS) is 13.1. The summed E-state index contributed by atoms with van der Waals surface area (Å²) in [7, 11) is 0. The number of hydrogen-bond donors (Lipinski definition) is 3. The van der Waals surface area contributed by atoms with Gasteiger partial charge in [-0.25, -0.2) is 4.98 Å². The summed E-state index contributed by atoms with van der Waals surface area (Å²) in [5, 5.41) is 13.4. The minimum absolute atomic E-state index is 0.188. The Kier molecular flexibility index (Phi) is 4.04. The molecule has 4 N–H and O–H groups in total. The van der Waals surface area contributed by atoms with Crippen LogP contribution in [0.25, 0.3) is 10.2 Å². The maximum Gasteiger partial charge on any atom is 0.184 e. The fourth-order valence-electron chi connectivity index (χ4n) is 1.87. The Morgan fingerprint density at radius 3 is 2.89 bits per heavy atom. The van der Waals surface area contributed by atoms with E-state index >= 15 is 0 Å². The van der Waals surface area contributed by atoms with E-state index in [1.54, 1.807) is 11.3 Å². The minimum atomic E-state index is 0.188. The summed E-state index contributed by atoms with van der Waals surface area (Å²) in [5.74, 6) is 0.453. The number of aliphatic hydroxyl groups excluding tert-OH is 1. The van der Waals surface area contributed by atoms with E-state index in [1.165, 1.54) is 0 Å². The van der Waals surface area contributed by atoms with Crippen LogP contribution in [0, 0.1) is 5.92 Å². The van der Waals surface area contributed by atoms with Gasteiger partial charge in [0.25, 0.3) is 0 Å². The van der Waals surface area contributed by atoms with Crippen LogP contribution in [0.5, 0.6) is 0 Å². The molecule has 1 unspecified atom stereocenters. The third-order valence-electron chi connectivity index (χ3n) is 2.97. The van der Waals surface area contributed by atoms with E-state index in [1.807, 2.05) is 18.2 Å². The molecule has 0 radical (unpaired) electrons. The summed E-state index contributed by atoms with van der Waals surface area (Å²) < 4.78 is 1.09. The minimum Gasteiger partial charge on any atom is -0.399 e. The van der Waals surface area contributed by atoms with E-state index in [-0.39, 0.29) is 12.6 Å². The topological polar surface area (TPSA) is 71.2 Å². The Morgan fingerprint density at radius 2 is 2.22 bits per heavy atom. The molecule has 1 heterocycles. The lowest BCUT2D eigenvalue weighted by Crippen LogP contribution is -2.26. The highest BCUT2D eigenvalue weighted by Crippen LogP contribution is 2.28. The molecule has 0 aliphatic rings. The van der Waals surface area contributed by atoms with Crippen LogP contribution in [-0.2, 0) is 0 Å². The quantitative estimate of drug-likeness (QED) is 0.727. The number of anilines is 2. The standard InChI is InChI=1S/C13H19N3OS/c1-8(2)10(5-6-17)15-13-16-11-4-3-9(14)7-12(11)18-13/h3-4,7-8,10,17H,5-6,14H2,1-2H3,(H,15,16). The van der Waals surface area contributed by atoms with Crippen LogP contribution in [0.1, 0.15) is 20.3 Å². The molecule has 1 atom stereocenters. The molecule has 0 aliphatic carbocycles. The lowest BCUT2D eigenvalue weighted by Gasteiger charge is -2.20. The SMILES string of the molecule is CC(C)C(CCO)Nc1nc2ccc(N)cc2s1. The van der Waals surface area contributed by atoms with Gasteiger partial charge in [0.05, 0.1) is 10.2 Å². The molecule has 0 spiro atoms. The molecule has 1 aromatic heterocycles. The monoisotopic (exact) mass is 265 g/mol. The van der Waals surface area contributed by atoms with E-state index < -0.39 is 0 Å². The van der Waals surface area contributed by atoms with E-state index in [2.05, 4.69) is 24.1 Å². The van der Waals surface area contributed by atoms with Gasteiger partial charge in [0.2, 0.25) is 0 Å². The van der Waals surface area contributed by atoms with Crippen molar-refractivity contribution in [2.24, 2.45) is 5.92 Å². The molecular weight excluding hydrogens is 246 g/mol. The second kappa shape index (κ2) is 5.54. The number of fused-ring (bicyclic) bond motifs is 1. The summed E-state index contributed by atoms with van der Waals surface area (Å²) in [6, 6.07) is 5.98. The maximum atomic E-state index is 9.07. The van der Waals surface area contributed by atoms with Crippen LogP contribution in [0.2, 0.25) is 0 Å².